The largest absolute Gasteiger partial charge is 0.334 e. The fourth-order valence-corrected chi connectivity index (χ4v) is 2.74. The third-order valence-corrected chi connectivity index (χ3v) is 4.17. The van der Waals surface area contributed by atoms with E-state index < -0.39 is 0 Å². The summed E-state index contributed by atoms with van der Waals surface area (Å²) >= 11 is 0. The van der Waals surface area contributed by atoms with Crippen molar-refractivity contribution in [3.8, 4) is 22.8 Å². The number of nitrogens with one attached hydrogen (secondary N) is 1. The summed E-state index contributed by atoms with van der Waals surface area (Å²) in [6.45, 7) is 2.00. The molecule has 0 radical (unpaired) electrons. The van der Waals surface area contributed by atoms with Crippen LogP contribution in [0.1, 0.15) is 15.9 Å². The molecule has 0 saturated carbocycles. The normalized spacial score (nSPS) is 10.6. The number of carbonyl (C=O) groups excluding carboxylic acids is 1. The van der Waals surface area contributed by atoms with Crippen LogP contribution in [-0.2, 0) is 0 Å². The van der Waals surface area contributed by atoms with Crippen LogP contribution in [0.4, 0.5) is 5.69 Å². The number of nitrogens with zero attached hydrogens (tertiary/aromatic N) is 2. The van der Waals surface area contributed by atoms with Crippen molar-refractivity contribution >= 4 is 11.6 Å². The summed E-state index contributed by atoms with van der Waals surface area (Å²) in [4.78, 5) is 17.2. The number of benzene rings is 3. The number of anilines is 1. The lowest BCUT2D eigenvalue weighted by molar-refractivity contribution is 0.102. The summed E-state index contributed by atoms with van der Waals surface area (Å²) in [7, 11) is 0. The number of aromatic nitrogens is 2. The van der Waals surface area contributed by atoms with Gasteiger partial charge in [-0.05, 0) is 31.2 Å². The molecular weight excluding hydrogens is 338 g/mol. The first kappa shape index (κ1) is 16.7. The van der Waals surface area contributed by atoms with Gasteiger partial charge in [0.1, 0.15) is 0 Å². The highest BCUT2D eigenvalue weighted by Gasteiger charge is 2.18. The van der Waals surface area contributed by atoms with Crippen molar-refractivity contribution < 1.29 is 9.32 Å². The van der Waals surface area contributed by atoms with Crippen molar-refractivity contribution in [2.24, 2.45) is 0 Å². The zero-order valence-corrected chi connectivity index (χ0v) is 14.7. The van der Waals surface area contributed by atoms with Gasteiger partial charge in [0.25, 0.3) is 11.8 Å². The molecule has 0 bridgehead atoms. The summed E-state index contributed by atoms with van der Waals surface area (Å²) in [5.41, 5.74) is 3.79. The van der Waals surface area contributed by atoms with E-state index in [9.17, 15) is 4.79 Å². The number of amides is 1. The van der Waals surface area contributed by atoms with Gasteiger partial charge in [-0.2, -0.15) is 4.98 Å². The molecule has 0 fully saturated rings. The van der Waals surface area contributed by atoms with E-state index in [0.717, 1.165) is 16.8 Å². The van der Waals surface area contributed by atoms with E-state index in [1.165, 1.54) is 0 Å². The average molecular weight is 355 g/mol. The standard InChI is InChI=1S/C22H17N3O2/c1-15-11-13-17(14-12-15)23-21(26)18-9-5-6-10-19(18)22-24-20(25-27-22)16-7-3-2-4-8-16/h2-14H,1H3,(H,23,26). The van der Waals surface area contributed by atoms with Crippen LogP contribution in [-0.4, -0.2) is 16.0 Å². The van der Waals surface area contributed by atoms with Gasteiger partial charge in [0.05, 0.1) is 11.1 Å². The molecule has 0 atom stereocenters. The van der Waals surface area contributed by atoms with Gasteiger partial charge in [-0.15, -0.1) is 0 Å². The fourth-order valence-electron chi connectivity index (χ4n) is 2.74. The smallest absolute Gasteiger partial charge is 0.259 e. The Kier molecular flexibility index (Phi) is 4.49. The van der Waals surface area contributed by atoms with E-state index in [2.05, 4.69) is 15.5 Å². The summed E-state index contributed by atoms with van der Waals surface area (Å²) in [5.74, 6) is 0.566. The van der Waals surface area contributed by atoms with Crippen molar-refractivity contribution in [3.63, 3.8) is 0 Å². The van der Waals surface area contributed by atoms with Gasteiger partial charge in [-0.1, -0.05) is 65.3 Å². The van der Waals surface area contributed by atoms with Crippen LogP contribution in [0.15, 0.2) is 83.4 Å². The maximum absolute atomic E-state index is 12.8. The van der Waals surface area contributed by atoms with Gasteiger partial charge >= 0.3 is 0 Å². The Morgan fingerprint density at radius 1 is 0.889 bits per heavy atom. The molecular formula is C22H17N3O2. The molecule has 1 aromatic heterocycles. The lowest BCUT2D eigenvalue weighted by Crippen LogP contribution is -2.13. The topological polar surface area (TPSA) is 68.0 Å². The minimum absolute atomic E-state index is 0.228. The molecule has 0 aliphatic heterocycles. The van der Waals surface area contributed by atoms with Crippen LogP contribution in [0.25, 0.3) is 22.8 Å². The molecule has 3 aromatic carbocycles. The number of rotatable bonds is 4. The number of aryl methyl sites for hydroxylation is 1. The van der Waals surface area contributed by atoms with Crippen LogP contribution >= 0.6 is 0 Å². The van der Waals surface area contributed by atoms with E-state index in [1.54, 1.807) is 12.1 Å². The summed E-state index contributed by atoms with van der Waals surface area (Å²) in [6, 6.07) is 24.4. The van der Waals surface area contributed by atoms with Gasteiger partial charge in [-0.25, -0.2) is 0 Å². The SMILES string of the molecule is Cc1ccc(NC(=O)c2ccccc2-c2nc(-c3ccccc3)no2)cc1. The highest BCUT2D eigenvalue weighted by Crippen LogP contribution is 2.26. The third kappa shape index (κ3) is 3.62. The maximum Gasteiger partial charge on any atom is 0.259 e. The van der Waals surface area contributed by atoms with Gasteiger partial charge in [-0.3, -0.25) is 4.79 Å². The van der Waals surface area contributed by atoms with Crippen LogP contribution in [0.2, 0.25) is 0 Å². The molecule has 1 heterocycles. The predicted molar refractivity (Wildman–Crippen MR) is 104 cm³/mol. The van der Waals surface area contributed by atoms with E-state index in [0.29, 0.717) is 22.8 Å². The predicted octanol–water partition coefficient (Wildman–Crippen LogP) is 4.96. The first-order chi connectivity index (χ1) is 13.2. The summed E-state index contributed by atoms with van der Waals surface area (Å²) < 4.78 is 5.42. The Bertz CT molecular complexity index is 1070. The molecule has 4 rings (SSSR count). The maximum atomic E-state index is 12.8. The molecule has 5 nitrogen and oxygen atoms in total. The number of hydrogen-bond donors (Lipinski definition) is 1. The Labute approximate surface area is 156 Å². The number of hydrogen-bond acceptors (Lipinski definition) is 4. The molecule has 0 spiro atoms. The second kappa shape index (κ2) is 7.25. The highest BCUT2D eigenvalue weighted by atomic mass is 16.5. The second-order valence-electron chi connectivity index (χ2n) is 6.15. The Morgan fingerprint density at radius 2 is 1.59 bits per heavy atom. The van der Waals surface area contributed by atoms with Crippen LogP contribution < -0.4 is 5.32 Å². The molecule has 1 N–H and O–H groups in total. The first-order valence-electron chi connectivity index (χ1n) is 8.57. The molecule has 0 aliphatic rings. The third-order valence-electron chi connectivity index (χ3n) is 4.17. The van der Waals surface area contributed by atoms with Gasteiger partial charge < -0.3 is 9.84 Å². The minimum Gasteiger partial charge on any atom is -0.334 e. The van der Waals surface area contributed by atoms with Gasteiger partial charge in [0.15, 0.2) is 0 Å². The van der Waals surface area contributed by atoms with E-state index >= 15 is 0 Å². The van der Waals surface area contributed by atoms with Crippen molar-refractivity contribution in [2.75, 3.05) is 5.32 Å². The lowest BCUT2D eigenvalue weighted by atomic mass is 10.1. The van der Waals surface area contributed by atoms with E-state index in [4.69, 9.17) is 4.52 Å². The van der Waals surface area contributed by atoms with Crippen molar-refractivity contribution in [2.45, 2.75) is 6.92 Å². The molecule has 5 heteroatoms. The van der Waals surface area contributed by atoms with Crippen LogP contribution in [0.3, 0.4) is 0 Å². The Hall–Kier alpha value is -3.73. The molecule has 1 amide bonds. The number of carbonyl (C=O) groups is 1. The van der Waals surface area contributed by atoms with Crippen LogP contribution in [0.5, 0.6) is 0 Å². The van der Waals surface area contributed by atoms with Crippen LogP contribution in [0, 0.1) is 6.92 Å². The van der Waals surface area contributed by atoms with Gasteiger partial charge in [0.2, 0.25) is 5.82 Å². The van der Waals surface area contributed by atoms with Crippen molar-refractivity contribution in [1.29, 1.82) is 0 Å². The average Bonchev–Trinajstić information content (AvgIpc) is 3.20. The minimum atomic E-state index is -0.228. The molecule has 0 saturated heterocycles. The summed E-state index contributed by atoms with van der Waals surface area (Å²) in [5, 5.41) is 6.94. The lowest BCUT2D eigenvalue weighted by Gasteiger charge is -2.08. The molecule has 4 aromatic rings. The van der Waals surface area contributed by atoms with Gasteiger partial charge in [0, 0.05) is 11.3 Å². The zero-order chi connectivity index (χ0) is 18.6. The quantitative estimate of drug-likeness (QED) is 0.561. The first-order valence-corrected chi connectivity index (χ1v) is 8.57. The Morgan fingerprint density at radius 3 is 2.37 bits per heavy atom. The molecule has 0 aliphatic carbocycles. The molecule has 0 unspecified atom stereocenters. The van der Waals surface area contributed by atoms with E-state index in [1.807, 2.05) is 73.7 Å². The van der Waals surface area contributed by atoms with Crippen molar-refractivity contribution in [1.82, 2.24) is 10.1 Å². The molecule has 132 valence electrons. The Balaban J connectivity index is 1.64. The zero-order valence-electron chi connectivity index (χ0n) is 14.7. The van der Waals surface area contributed by atoms with E-state index in [-0.39, 0.29) is 5.91 Å². The highest BCUT2D eigenvalue weighted by molar-refractivity contribution is 6.08. The monoisotopic (exact) mass is 355 g/mol. The fraction of sp³-hybridized carbons (Fsp3) is 0.0455. The second-order valence-corrected chi connectivity index (χ2v) is 6.15. The molecule has 27 heavy (non-hydrogen) atoms. The summed E-state index contributed by atoms with van der Waals surface area (Å²) in [6.07, 6.45) is 0. The van der Waals surface area contributed by atoms with Crippen molar-refractivity contribution in [3.05, 3.63) is 90.0 Å².